The molecule has 0 radical (unpaired) electrons. The second kappa shape index (κ2) is 5.98. The SMILES string of the molecule is CN(CC1CCCC1)C(=O)c1cc(F)ccc1[N+](=O)[O-]. The van der Waals surface area contributed by atoms with Gasteiger partial charge < -0.3 is 4.90 Å². The minimum Gasteiger partial charge on any atom is -0.341 e. The van der Waals surface area contributed by atoms with E-state index in [4.69, 9.17) is 0 Å². The number of nitro groups is 1. The van der Waals surface area contributed by atoms with Crippen LogP contribution >= 0.6 is 0 Å². The molecule has 0 atom stereocenters. The second-order valence-corrected chi connectivity index (χ2v) is 5.25. The van der Waals surface area contributed by atoms with Crippen LogP contribution in [0.2, 0.25) is 0 Å². The third kappa shape index (κ3) is 3.12. The average molecular weight is 280 g/mol. The molecule has 0 spiro atoms. The van der Waals surface area contributed by atoms with Gasteiger partial charge in [0.15, 0.2) is 0 Å². The molecule has 0 N–H and O–H groups in total. The molecule has 0 aromatic heterocycles. The molecule has 1 aromatic carbocycles. The van der Waals surface area contributed by atoms with Crippen LogP contribution in [0.25, 0.3) is 0 Å². The Morgan fingerprint density at radius 2 is 2.10 bits per heavy atom. The van der Waals surface area contributed by atoms with E-state index in [0.29, 0.717) is 12.5 Å². The minimum atomic E-state index is -0.657. The Hall–Kier alpha value is -1.98. The first-order chi connectivity index (χ1) is 9.49. The molecule has 0 unspecified atom stereocenters. The summed E-state index contributed by atoms with van der Waals surface area (Å²) in [4.78, 5) is 24.0. The Morgan fingerprint density at radius 3 is 2.70 bits per heavy atom. The zero-order valence-corrected chi connectivity index (χ0v) is 11.3. The van der Waals surface area contributed by atoms with Crippen LogP contribution in [0.3, 0.4) is 0 Å². The smallest absolute Gasteiger partial charge is 0.282 e. The third-order valence-corrected chi connectivity index (χ3v) is 3.74. The summed E-state index contributed by atoms with van der Waals surface area (Å²) >= 11 is 0. The van der Waals surface area contributed by atoms with Crippen molar-refractivity contribution in [3.05, 3.63) is 39.7 Å². The number of carbonyl (C=O) groups excluding carboxylic acids is 1. The number of rotatable bonds is 4. The van der Waals surface area contributed by atoms with Gasteiger partial charge in [-0.3, -0.25) is 14.9 Å². The lowest BCUT2D eigenvalue weighted by molar-refractivity contribution is -0.385. The molecular weight excluding hydrogens is 263 g/mol. The van der Waals surface area contributed by atoms with Crippen LogP contribution in [-0.2, 0) is 0 Å². The van der Waals surface area contributed by atoms with Gasteiger partial charge in [-0.1, -0.05) is 12.8 Å². The Bertz CT molecular complexity index is 527. The lowest BCUT2D eigenvalue weighted by atomic mass is 10.1. The Kier molecular flexibility index (Phi) is 4.32. The Morgan fingerprint density at radius 1 is 1.45 bits per heavy atom. The van der Waals surface area contributed by atoms with Crippen LogP contribution in [-0.4, -0.2) is 29.3 Å². The fourth-order valence-corrected chi connectivity index (χ4v) is 2.71. The van der Waals surface area contributed by atoms with E-state index in [9.17, 15) is 19.3 Å². The van der Waals surface area contributed by atoms with Gasteiger partial charge in [-0.2, -0.15) is 0 Å². The van der Waals surface area contributed by atoms with E-state index < -0.39 is 16.6 Å². The maximum atomic E-state index is 13.2. The molecule has 1 aliphatic rings. The van der Waals surface area contributed by atoms with Crippen molar-refractivity contribution in [1.82, 2.24) is 4.90 Å². The van der Waals surface area contributed by atoms with E-state index in [-0.39, 0.29) is 11.3 Å². The molecule has 6 heteroatoms. The number of nitrogens with zero attached hydrogens (tertiary/aromatic N) is 2. The van der Waals surface area contributed by atoms with Crippen molar-refractivity contribution in [2.45, 2.75) is 25.7 Å². The predicted molar refractivity (Wildman–Crippen MR) is 72.0 cm³/mol. The molecule has 0 aliphatic heterocycles. The molecule has 2 rings (SSSR count). The highest BCUT2D eigenvalue weighted by Gasteiger charge is 2.26. The summed E-state index contributed by atoms with van der Waals surface area (Å²) in [6.45, 7) is 0.562. The number of hydrogen-bond acceptors (Lipinski definition) is 3. The number of hydrogen-bond donors (Lipinski definition) is 0. The number of nitro benzene ring substituents is 1. The molecule has 1 amide bonds. The first kappa shape index (κ1) is 14.4. The molecule has 0 saturated heterocycles. The van der Waals surface area contributed by atoms with Gasteiger partial charge in [-0.15, -0.1) is 0 Å². The first-order valence-corrected chi connectivity index (χ1v) is 6.68. The van der Waals surface area contributed by atoms with E-state index >= 15 is 0 Å². The van der Waals surface area contributed by atoms with Gasteiger partial charge >= 0.3 is 0 Å². The van der Waals surface area contributed by atoms with Crippen LogP contribution in [0.1, 0.15) is 36.0 Å². The van der Waals surface area contributed by atoms with Crippen molar-refractivity contribution >= 4 is 11.6 Å². The van der Waals surface area contributed by atoms with Gasteiger partial charge in [0.1, 0.15) is 11.4 Å². The molecule has 0 bridgehead atoms. The van der Waals surface area contributed by atoms with Crippen molar-refractivity contribution in [2.75, 3.05) is 13.6 Å². The molecule has 1 aliphatic carbocycles. The lowest BCUT2D eigenvalue weighted by Crippen LogP contribution is -2.31. The van der Waals surface area contributed by atoms with Crippen LogP contribution < -0.4 is 0 Å². The van der Waals surface area contributed by atoms with Crippen LogP contribution in [0.4, 0.5) is 10.1 Å². The van der Waals surface area contributed by atoms with Gasteiger partial charge in [0.2, 0.25) is 0 Å². The summed E-state index contributed by atoms with van der Waals surface area (Å²) in [5.74, 6) is -0.701. The minimum absolute atomic E-state index is 0.185. The fraction of sp³-hybridized carbons (Fsp3) is 0.500. The number of carbonyl (C=O) groups is 1. The molecule has 1 fully saturated rings. The summed E-state index contributed by atoms with van der Waals surface area (Å²) in [6.07, 6.45) is 4.46. The van der Waals surface area contributed by atoms with E-state index in [1.54, 1.807) is 7.05 Å². The maximum absolute atomic E-state index is 13.2. The molecule has 108 valence electrons. The van der Waals surface area contributed by atoms with Gasteiger partial charge in [-0.25, -0.2) is 4.39 Å². The zero-order valence-electron chi connectivity index (χ0n) is 11.3. The molecule has 1 saturated carbocycles. The van der Waals surface area contributed by atoms with E-state index in [1.165, 1.54) is 4.90 Å². The summed E-state index contributed by atoms with van der Waals surface area (Å²) in [5.41, 5.74) is -0.537. The fourth-order valence-electron chi connectivity index (χ4n) is 2.71. The van der Waals surface area contributed by atoms with Crippen molar-refractivity contribution in [2.24, 2.45) is 5.92 Å². The molecular formula is C14H17FN2O3. The zero-order chi connectivity index (χ0) is 14.7. The van der Waals surface area contributed by atoms with Gasteiger partial charge in [0.05, 0.1) is 4.92 Å². The molecule has 0 heterocycles. The van der Waals surface area contributed by atoms with Gasteiger partial charge in [0, 0.05) is 19.7 Å². The van der Waals surface area contributed by atoms with Crippen molar-refractivity contribution < 1.29 is 14.1 Å². The molecule has 5 nitrogen and oxygen atoms in total. The molecule has 20 heavy (non-hydrogen) atoms. The monoisotopic (exact) mass is 280 g/mol. The summed E-state index contributed by atoms with van der Waals surface area (Å²) in [6, 6.07) is 2.96. The largest absolute Gasteiger partial charge is 0.341 e. The van der Waals surface area contributed by atoms with Crippen molar-refractivity contribution in [1.29, 1.82) is 0 Å². The maximum Gasteiger partial charge on any atom is 0.282 e. The second-order valence-electron chi connectivity index (χ2n) is 5.25. The topological polar surface area (TPSA) is 63.5 Å². The van der Waals surface area contributed by atoms with Gasteiger partial charge in [-0.05, 0) is 30.9 Å². The normalized spacial score (nSPS) is 15.3. The molecule has 1 aromatic rings. The van der Waals surface area contributed by atoms with E-state index in [2.05, 4.69) is 0 Å². The van der Waals surface area contributed by atoms with Crippen LogP contribution in [0.5, 0.6) is 0 Å². The highest BCUT2D eigenvalue weighted by atomic mass is 19.1. The van der Waals surface area contributed by atoms with Gasteiger partial charge in [0.25, 0.3) is 11.6 Å². The van der Waals surface area contributed by atoms with E-state index in [0.717, 1.165) is 43.9 Å². The first-order valence-electron chi connectivity index (χ1n) is 6.68. The Balaban J connectivity index is 2.18. The average Bonchev–Trinajstić information content (AvgIpc) is 2.90. The number of benzene rings is 1. The summed E-state index contributed by atoms with van der Waals surface area (Å²) in [7, 11) is 1.61. The van der Waals surface area contributed by atoms with Crippen molar-refractivity contribution in [3.63, 3.8) is 0 Å². The summed E-state index contributed by atoms with van der Waals surface area (Å²) < 4.78 is 13.2. The van der Waals surface area contributed by atoms with Crippen molar-refractivity contribution in [3.8, 4) is 0 Å². The number of halogens is 1. The lowest BCUT2D eigenvalue weighted by Gasteiger charge is -2.21. The number of amides is 1. The van der Waals surface area contributed by atoms with Crippen LogP contribution in [0.15, 0.2) is 18.2 Å². The standard InChI is InChI=1S/C14H17FN2O3/c1-16(9-10-4-2-3-5-10)14(18)12-8-11(15)6-7-13(12)17(19)20/h6-8,10H,2-5,9H2,1H3. The van der Waals surface area contributed by atoms with E-state index in [1.807, 2.05) is 0 Å². The van der Waals surface area contributed by atoms with Crippen LogP contribution in [0, 0.1) is 21.8 Å². The third-order valence-electron chi connectivity index (χ3n) is 3.74. The summed E-state index contributed by atoms with van der Waals surface area (Å²) in [5, 5.41) is 10.9. The quantitative estimate of drug-likeness (QED) is 0.629. The highest BCUT2D eigenvalue weighted by Crippen LogP contribution is 2.26. The Labute approximate surface area is 116 Å². The highest BCUT2D eigenvalue weighted by molar-refractivity contribution is 5.98. The predicted octanol–water partition coefficient (Wildman–Crippen LogP) is 3.00.